The van der Waals surface area contributed by atoms with Crippen molar-refractivity contribution in [3.8, 4) is 0 Å². The minimum absolute atomic E-state index is 0.0556. The molecule has 0 aliphatic carbocycles. The van der Waals surface area contributed by atoms with Crippen molar-refractivity contribution >= 4 is 0 Å². The first-order chi connectivity index (χ1) is 5.93. The van der Waals surface area contributed by atoms with Gasteiger partial charge in [0, 0.05) is 19.6 Å². The van der Waals surface area contributed by atoms with E-state index in [2.05, 4.69) is 16.0 Å². The highest BCUT2D eigenvalue weighted by Crippen LogP contribution is 2.05. The lowest BCUT2D eigenvalue weighted by molar-refractivity contribution is 0.402. The molecule has 2 fully saturated rings. The van der Waals surface area contributed by atoms with Gasteiger partial charge in [0.2, 0.25) is 0 Å². The van der Waals surface area contributed by atoms with Gasteiger partial charge >= 0.3 is 0 Å². The molecule has 0 aromatic heterocycles. The molecule has 0 spiro atoms. The second-order valence-corrected chi connectivity index (χ2v) is 2.96. The van der Waals surface area contributed by atoms with Crippen LogP contribution in [0.25, 0.3) is 0 Å². The minimum Gasteiger partial charge on any atom is -0.302 e. The van der Waals surface area contributed by atoms with Crippen LogP contribution in [0.2, 0.25) is 0 Å². The topological polar surface area (TPSA) is 40.2 Å². The standard InChI is InChI=1S/C5H9FN.C3H7N2/c6-4-5-2-1-3-7-5;1-2-5-3-4-1/h5H,1-4H2;4H,1-3H2. The molecule has 0 bridgehead atoms. The first-order valence-corrected chi connectivity index (χ1v) is 4.50. The van der Waals surface area contributed by atoms with Crippen LogP contribution in [0, 0.1) is 0 Å². The molecule has 2 aliphatic rings. The van der Waals surface area contributed by atoms with Gasteiger partial charge in [-0.1, -0.05) is 0 Å². The van der Waals surface area contributed by atoms with E-state index >= 15 is 0 Å². The summed E-state index contributed by atoms with van der Waals surface area (Å²) in [5, 5.41) is 11.0. The number of nitrogens with one attached hydrogen (secondary N) is 1. The van der Waals surface area contributed by atoms with Crippen molar-refractivity contribution in [2.45, 2.75) is 18.9 Å². The van der Waals surface area contributed by atoms with Gasteiger partial charge in [-0.3, -0.25) is 0 Å². The molecule has 0 aromatic rings. The van der Waals surface area contributed by atoms with Crippen LogP contribution in [0.15, 0.2) is 0 Å². The predicted molar refractivity (Wildman–Crippen MR) is 45.9 cm³/mol. The van der Waals surface area contributed by atoms with Crippen LogP contribution >= 0.6 is 0 Å². The zero-order chi connectivity index (χ0) is 8.65. The Bertz CT molecular complexity index is 92.9. The van der Waals surface area contributed by atoms with Gasteiger partial charge in [0.1, 0.15) is 6.67 Å². The van der Waals surface area contributed by atoms with E-state index in [1.54, 1.807) is 0 Å². The van der Waals surface area contributed by atoms with Gasteiger partial charge in [-0.05, 0) is 12.8 Å². The monoisotopic (exact) mass is 173 g/mol. The molecule has 0 amide bonds. The zero-order valence-electron chi connectivity index (χ0n) is 7.30. The normalized spacial score (nSPS) is 28.2. The summed E-state index contributed by atoms with van der Waals surface area (Å²) < 4.78 is 11.6. The molecule has 2 saturated heterocycles. The second-order valence-electron chi connectivity index (χ2n) is 2.96. The Morgan fingerprint density at radius 2 is 2.33 bits per heavy atom. The lowest BCUT2D eigenvalue weighted by atomic mass is 10.2. The van der Waals surface area contributed by atoms with E-state index < -0.39 is 0 Å². The van der Waals surface area contributed by atoms with Gasteiger partial charge in [-0.2, -0.15) is 0 Å². The van der Waals surface area contributed by atoms with Crippen LogP contribution in [0.4, 0.5) is 4.39 Å². The maximum Gasteiger partial charge on any atom is 0.106 e. The second kappa shape index (κ2) is 6.34. The fourth-order valence-electron chi connectivity index (χ4n) is 1.21. The number of hydrogen-bond donors (Lipinski definition) is 1. The fourth-order valence-corrected chi connectivity index (χ4v) is 1.21. The average molecular weight is 173 g/mol. The lowest BCUT2D eigenvalue weighted by Crippen LogP contribution is -2.15. The summed E-state index contributed by atoms with van der Waals surface area (Å²) in [6.45, 7) is 3.61. The molecule has 2 radical (unpaired) electrons. The van der Waals surface area contributed by atoms with Gasteiger partial charge in [0.15, 0.2) is 0 Å². The first kappa shape index (κ1) is 9.89. The number of rotatable bonds is 1. The number of nitrogens with zero attached hydrogens (tertiary/aromatic N) is 2. The van der Waals surface area contributed by atoms with Gasteiger partial charge in [0.25, 0.3) is 0 Å². The first-order valence-electron chi connectivity index (χ1n) is 4.50. The van der Waals surface area contributed by atoms with Crippen molar-refractivity contribution in [1.82, 2.24) is 16.0 Å². The van der Waals surface area contributed by atoms with Gasteiger partial charge in [-0.25, -0.2) is 15.0 Å². The summed E-state index contributed by atoms with van der Waals surface area (Å²) in [4.78, 5) is 0. The van der Waals surface area contributed by atoms with Gasteiger partial charge < -0.3 is 5.32 Å². The molecule has 0 saturated carbocycles. The largest absolute Gasteiger partial charge is 0.302 e. The Kier molecular flexibility index (Phi) is 5.23. The molecule has 3 nitrogen and oxygen atoms in total. The summed E-state index contributed by atoms with van der Waals surface area (Å²) in [5.41, 5.74) is 0. The number of halogens is 1. The zero-order valence-corrected chi connectivity index (χ0v) is 7.30. The third kappa shape index (κ3) is 3.99. The highest BCUT2D eigenvalue weighted by molar-refractivity contribution is 4.71. The van der Waals surface area contributed by atoms with Crippen molar-refractivity contribution in [2.24, 2.45) is 0 Å². The van der Waals surface area contributed by atoms with E-state index in [1.807, 2.05) is 0 Å². The third-order valence-electron chi connectivity index (χ3n) is 1.93. The number of hydrogen-bond acceptors (Lipinski definition) is 1. The molecule has 12 heavy (non-hydrogen) atoms. The van der Waals surface area contributed by atoms with Gasteiger partial charge in [-0.15, -0.1) is 0 Å². The summed E-state index contributed by atoms with van der Waals surface area (Å²) in [7, 11) is 0. The van der Waals surface area contributed by atoms with Crippen LogP contribution in [0.5, 0.6) is 0 Å². The molecule has 1 N–H and O–H groups in total. The van der Waals surface area contributed by atoms with Crippen molar-refractivity contribution in [3.05, 3.63) is 0 Å². The smallest absolute Gasteiger partial charge is 0.106 e. The molecule has 0 aromatic carbocycles. The van der Waals surface area contributed by atoms with Crippen LogP contribution < -0.4 is 16.0 Å². The molecule has 1 atom stereocenters. The molecule has 1 unspecified atom stereocenters. The summed E-state index contributed by atoms with van der Waals surface area (Å²) in [6.07, 6.45) is 2.06. The Hall–Kier alpha value is -0.190. The van der Waals surface area contributed by atoms with Crippen molar-refractivity contribution in [1.29, 1.82) is 0 Å². The van der Waals surface area contributed by atoms with Crippen LogP contribution in [0.1, 0.15) is 12.8 Å². The molecule has 2 aliphatic heterocycles. The van der Waals surface area contributed by atoms with Crippen molar-refractivity contribution in [3.63, 3.8) is 0 Å². The highest BCUT2D eigenvalue weighted by Gasteiger charge is 2.13. The van der Waals surface area contributed by atoms with Crippen molar-refractivity contribution in [2.75, 3.05) is 33.0 Å². The Morgan fingerprint density at radius 3 is 2.58 bits per heavy atom. The van der Waals surface area contributed by atoms with E-state index in [4.69, 9.17) is 0 Å². The van der Waals surface area contributed by atoms with E-state index in [0.29, 0.717) is 0 Å². The quantitative estimate of drug-likeness (QED) is 0.589. The fraction of sp³-hybridized carbons (Fsp3) is 1.00. The summed E-state index contributed by atoms with van der Waals surface area (Å²) in [5.74, 6) is 0. The molecule has 2 heterocycles. The predicted octanol–water partition coefficient (Wildman–Crippen LogP) is -0.126. The Morgan fingerprint density at radius 1 is 1.42 bits per heavy atom. The lowest BCUT2D eigenvalue weighted by Gasteiger charge is -1.97. The van der Waals surface area contributed by atoms with Crippen LogP contribution in [-0.4, -0.2) is 39.0 Å². The summed E-state index contributed by atoms with van der Waals surface area (Å²) in [6, 6.07) is 0.0556. The Balaban J connectivity index is 0.000000127. The minimum atomic E-state index is -0.250. The van der Waals surface area contributed by atoms with Crippen LogP contribution in [-0.2, 0) is 0 Å². The molecular weight excluding hydrogens is 157 g/mol. The maximum atomic E-state index is 11.6. The van der Waals surface area contributed by atoms with Crippen LogP contribution in [0.3, 0.4) is 0 Å². The molecule has 4 heteroatoms. The van der Waals surface area contributed by atoms with E-state index in [9.17, 15) is 4.39 Å². The Labute approximate surface area is 73.1 Å². The highest BCUT2D eigenvalue weighted by atomic mass is 19.1. The molecule has 70 valence electrons. The molecule has 2 rings (SSSR count). The van der Waals surface area contributed by atoms with E-state index in [0.717, 1.165) is 39.1 Å². The average Bonchev–Trinajstić information content (AvgIpc) is 2.81. The van der Waals surface area contributed by atoms with E-state index in [-0.39, 0.29) is 12.7 Å². The van der Waals surface area contributed by atoms with E-state index in [1.165, 1.54) is 0 Å². The van der Waals surface area contributed by atoms with Crippen molar-refractivity contribution < 1.29 is 4.39 Å². The summed E-state index contributed by atoms with van der Waals surface area (Å²) >= 11 is 0. The number of alkyl halides is 1. The maximum absolute atomic E-state index is 11.6. The third-order valence-corrected chi connectivity index (χ3v) is 1.93. The van der Waals surface area contributed by atoms with Gasteiger partial charge in [0.05, 0.1) is 12.7 Å². The molecular formula is C8H16FN3. The SMILES string of the molecule is C1CNC[N]1.FCC1CCC[N]1.